The third-order valence-corrected chi connectivity index (χ3v) is 5.58. The summed E-state index contributed by atoms with van der Waals surface area (Å²) in [7, 11) is 0. The second-order valence-electron chi connectivity index (χ2n) is 7.90. The second kappa shape index (κ2) is 8.29. The van der Waals surface area contributed by atoms with Gasteiger partial charge in [0.15, 0.2) is 17.3 Å². The molecule has 1 N–H and O–H groups in total. The molecule has 0 unspecified atom stereocenters. The fourth-order valence-corrected chi connectivity index (χ4v) is 3.88. The Bertz CT molecular complexity index is 1070. The van der Waals surface area contributed by atoms with Gasteiger partial charge in [-0.1, -0.05) is 24.1 Å². The standard InChI is InChI=1S/C23H25N5O3/c1-16-6-8-17(9-7-16)24-23(29)27(18-10-11-19-20(13-18)31-15-30-19)14-21-25-22-5-3-2-4-12-28(22)26-21/h6-11,13H,2-5,12,14-15H2,1H3,(H,24,29). The number of carbonyl (C=O) groups is 1. The third-order valence-electron chi connectivity index (χ3n) is 5.58. The van der Waals surface area contributed by atoms with E-state index in [9.17, 15) is 4.79 Å². The molecule has 0 atom stereocenters. The molecule has 31 heavy (non-hydrogen) atoms. The lowest BCUT2D eigenvalue weighted by molar-refractivity contribution is 0.174. The monoisotopic (exact) mass is 419 g/mol. The van der Waals surface area contributed by atoms with Crippen molar-refractivity contribution in [2.75, 3.05) is 17.0 Å². The lowest BCUT2D eigenvalue weighted by Crippen LogP contribution is -2.35. The van der Waals surface area contributed by atoms with Crippen LogP contribution in [0.2, 0.25) is 0 Å². The van der Waals surface area contributed by atoms with Crippen LogP contribution >= 0.6 is 0 Å². The van der Waals surface area contributed by atoms with Crippen LogP contribution in [0.1, 0.15) is 36.5 Å². The quantitative estimate of drug-likeness (QED) is 0.683. The molecule has 0 fully saturated rings. The summed E-state index contributed by atoms with van der Waals surface area (Å²) in [4.78, 5) is 19.6. The number of amides is 2. The normalized spacial score (nSPS) is 14.6. The molecule has 2 aliphatic heterocycles. The number of nitrogens with zero attached hydrogens (tertiary/aromatic N) is 4. The summed E-state index contributed by atoms with van der Waals surface area (Å²) in [5.74, 6) is 2.93. The number of aromatic nitrogens is 3. The fourth-order valence-electron chi connectivity index (χ4n) is 3.88. The van der Waals surface area contributed by atoms with Crippen molar-refractivity contribution in [2.45, 2.75) is 45.7 Å². The van der Waals surface area contributed by atoms with Crippen LogP contribution in [0.3, 0.4) is 0 Å². The van der Waals surface area contributed by atoms with E-state index in [-0.39, 0.29) is 19.4 Å². The van der Waals surface area contributed by atoms with E-state index in [1.807, 2.05) is 54.1 Å². The molecule has 3 heterocycles. The lowest BCUT2D eigenvalue weighted by Gasteiger charge is -2.22. The SMILES string of the molecule is Cc1ccc(NC(=O)N(Cc2nc3n(n2)CCCCC3)c2ccc3c(c2)OCO3)cc1. The van der Waals surface area contributed by atoms with E-state index in [2.05, 4.69) is 10.4 Å². The maximum atomic E-state index is 13.3. The molecule has 2 aromatic carbocycles. The van der Waals surface area contributed by atoms with Gasteiger partial charge in [-0.3, -0.25) is 4.90 Å². The van der Waals surface area contributed by atoms with Crippen molar-refractivity contribution >= 4 is 17.4 Å². The zero-order chi connectivity index (χ0) is 21.2. The molecule has 160 valence electrons. The molecule has 0 saturated heterocycles. The summed E-state index contributed by atoms with van der Waals surface area (Å²) < 4.78 is 12.9. The molecule has 8 heteroatoms. The van der Waals surface area contributed by atoms with Gasteiger partial charge in [-0.25, -0.2) is 14.5 Å². The average molecular weight is 419 g/mol. The first-order chi connectivity index (χ1) is 15.2. The topological polar surface area (TPSA) is 81.5 Å². The summed E-state index contributed by atoms with van der Waals surface area (Å²) in [5, 5.41) is 7.66. The van der Waals surface area contributed by atoms with Crippen LogP contribution in [-0.4, -0.2) is 27.6 Å². The maximum absolute atomic E-state index is 13.3. The number of rotatable bonds is 4. The van der Waals surface area contributed by atoms with Crippen LogP contribution in [-0.2, 0) is 19.5 Å². The van der Waals surface area contributed by atoms with Gasteiger partial charge < -0.3 is 14.8 Å². The highest BCUT2D eigenvalue weighted by Gasteiger charge is 2.23. The molecule has 3 aromatic rings. The van der Waals surface area contributed by atoms with E-state index in [1.165, 1.54) is 6.42 Å². The van der Waals surface area contributed by atoms with Crippen LogP contribution in [0.25, 0.3) is 0 Å². The van der Waals surface area contributed by atoms with Crippen LogP contribution in [0.5, 0.6) is 11.5 Å². The maximum Gasteiger partial charge on any atom is 0.326 e. The number of aryl methyl sites for hydroxylation is 3. The molecular weight excluding hydrogens is 394 g/mol. The summed E-state index contributed by atoms with van der Waals surface area (Å²) in [6.07, 6.45) is 4.35. The molecular formula is C23H25N5O3. The van der Waals surface area contributed by atoms with Crippen LogP contribution in [0, 0.1) is 6.92 Å². The first-order valence-electron chi connectivity index (χ1n) is 10.6. The minimum atomic E-state index is -0.257. The van der Waals surface area contributed by atoms with E-state index in [0.717, 1.165) is 42.9 Å². The van der Waals surface area contributed by atoms with Gasteiger partial charge in [0.1, 0.15) is 5.82 Å². The number of fused-ring (bicyclic) bond motifs is 2. The van der Waals surface area contributed by atoms with Crippen LogP contribution in [0.4, 0.5) is 16.2 Å². The largest absolute Gasteiger partial charge is 0.454 e. The molecule has 0 aliphatic carbocycles. The Morgan fingerprint density at radius 2 is 1.94 bits per heavy atom. The zero-order valence-corrected chi connectivity index (χ0v) is 17.5. The highest BCUT2D eigenvalue weighted by atomic mass is 16.7. The highest BCUT2D eigenvalue weighted by molar-refractivity contribution is 6.01. The molecule has 0 bridgehead atoms. The Hall–Kier alpha value is -3.55. The fraction of sp³-hybridized carbons (Fsp3) is 0.348. The summed E-state index contributed by atoms with van der Waals surface area (Å²) in [5.41, 5.74) is 2.56. The molecule has 0 spiro atoms. The van der Waals surface area contributed by atoms with Crippen molar-refractivity contribution in [3.05, 3.63) is 59.7 Å². The number of nitrogens with one attached hydrogen (secondary N) is 1. The van der Waals surface area contributed by atoms with E-state index in [1.54, 1.807) is 4.90 Å². The number of anilines is 2. The Labute approximate surface area is 180 Å². The minimum Gasteiger partial charge on any atom is -0.454 e. The van der Waals surface area contributed by atoms with Crippen molar-refractivity contribution in [1.82, 2.24) is 14.8 Å². The van der Waals surface area contributed by atoms with Crippen molar-refractivity contribution in [3.8, 4) is 11.5 Å². The van der Waals surface area contributed by atoms with E-state index >= 15 is 0 Å². The number of ether oxygens (including phenoxy) is 2. The Morgan fingerprint density at radius 3 is 2.81 bits per heavy atom. The number of hydrogen-bond donors (Lipinski definition) is 1. The van der Waals surface area contributed by atoms with Crippen molar-refractivity contribution in [3.63, 3.8) is 0 Å². The first-order valence-corrected chi connectivity index (χ1v) is 10.6. The molecule has 1 aromatic heterocycles. The van der Waals surface area contributed by atoms with Gasteiger partial charge in [0.2, 0.25) is 6.79 Å². The van der Waals surface area contributed by atoms with Crippen molar-refractivity contribution in [2.24, 2.45) is 0 Å². The molecule has 2 aliphatic rings. The number of hydrogen-bond acceptors (Lipinski definition) is 5. The number of carbonyl (C=O) groups excluding carboxylic acids is 1. The molecule has 2 amide bonds. The van der Waals surface area contributed by atoms with Crippen molar-refractivity contribution < 1.29 is 14.3 Å². The van der Waals surface area contributed by atoms with Gasteiger partial charge in [-0.15, -0.1) is 0 Å². The lowest BCUT2D eigenvalue weighted by atomic mass is 10.2. The third kappa shape index (κ3) is 4.19. The van der Waals surface area contributed by atoms with Crippen LogP contribution in [0.15, 0.2) is 42.5 Å². The van der Waals surface area contributed by atoms with Gasteiger partial charge in [-0.05, 0) is 44.0 Å². The van der Waals surface area contributed by atoms with Gasteiger partial charge in [0, 0.05) is 30.4 Å². The van der Waals surface area contributed by atoms with E-state index < -0.39 is 0 Å². The van der Waals surface area contributed by atoms with Gasteiger partial charge in [-0.2, -0.15) is 5.10 Å². The molecule has 5 rings (SSSR count). The summed E-state index contributed by atoms with van der Waals surface area (Å²) in [6, 6.07) is 12.9. The smallest absolute Gasteiger partial charge is 0.326 e. The van der Waals surface area contributed by atoms with E-state index in [4.69, 9.17) is 14.5 Å². The summed E-state index contributed by atoms with van der Waals surface area (Å²) in [6.45, 7) is 3.34. The van der Waals surface area contributed by atoms with Gasteiger partial charge in [0.25, 0.3) is 0 Å². The molecule has 0 saturated carbocycles. The Morgan fingerprint density at radius 1 is 1.10 bits per heavy atom. The molecule has 8 nitrogen and oxygen atoms in total. The number of urea groups is 1. The predicted molar refractivity (Wildman–Crippen MR) is 117 cm³/mol. The highest BCUT2D eigenvalue weighted by Crippen LogP contribution is 2.36. The van der Waals surface area contributed by atoms with Crippen LogP contribution < -0.4 is 19.7 Å². The zero-order valence-electron chi connectivity index (χ0n) is 17.5. The average Bonchev–Trinajstić information content (AvgIpc) is 3.34. The Kier molecular flexibility index (Phi) is 5.19. The number of benzene rings is 2. The molecule has 0 radical (unpaired) electrons. The van der Waals surface area contributed by atoms with Gasteiger partial charge in [0.05, 0.1) is 6.54 Å². The Balaban J connectivity index is 1.43. The van der Waals surface area contributed by atoms with Crippen molar-refractivity contribution in [1.29, 1.82) is 0 Å². The predicted octanol–water partition coefficient (Wildman–Crippen LogP) is 4.28. The van der Waals surface area contributed by atoms with E-state index in [0.29, 0.717) is 23.0 Å². The second-order valence-corrected chi connectivity index (χ2v) is 7.90. The minimum absolute atomic E-state index is 0.184. The van der Waals surface area contributed by atoms with Gasteiger partial charge >= 0.3 is 6.03 Å². The first kappa shape index (κ1) is 19.4. The summed E-state index contributed by atoms with van der Waals surface area (Å²) >= 11 is 0.